The molecule has 3 rings (SSSR count). The molecule has 8 nitrogen and oxygen atoms in total. The highest BCUT2D eigenvalue weighted by molar-refractivity contribution is 5.95. The summed E-state index contributed by atoms with van der Waals surface area (Å²) >= 11 is 0. The molecule has 0 unspecified atom stereocenters. The average molecular weight is 330 g/mol. The van der Waals surface area contributed by atoms with Crippen LogP contribution in [0.5, 0.6) is 0 Å². The first-order valence-corrected chi connectivity index (χ1v) is 8.06. The number of amides is 1. The molecule has 1 aliphatic heterocycles. The largest absolute Gasteiger partial charge is 0.386 e. The second-order valence-corrected chi connectivity index (χ2v) is 6.13. The smallest absolute Gasteiger partial charge is 0.254 e. The van der Waals surface area contributed by atoms with Crippen LogP contribution in [0.2, 0.25) is 0 Å². The summed E-state index contributed by atoms with van der Waals surface area (Å²) in [6, 6.07) is 0. The summed E-state index contributed by atoms with van der Waals surface area (Å²) in [4.78, 5) is 22.6. The number of aryl methyl sites for hydroxylation is 2. The van der Waals surface area contributed by atoms with Crippen molar-refractivity contribution in [3.05, 3.63) is 36.0 Å². The molecule has 2 N–H and O–H groups in total. The van der Waals surface area contributed by atoms with Gasteiger partial charge in [-0.2, -0.15) is 5.10 Å². The van der Waals surface area contributed by atoms with Crippen LogP contribution in [0.15, 0.2) is 24.8 Å². The zero-order valence-electron chi connectivity index (χ0n) is 13.9. The molecule has 1 aliphatic rings. The van der Waals surface area contributed by atoms with E-state index in [0.29, 0.717) is 37.3 Å². The molecule has 0 saturated carbocycles. The number of hydrogen-bond acceptors (Lipinski definition) is 6. The Labute approximate surface area is 140 Å². The van der Waals surface area contributed by atoms with Crippen molar-refractivity contribution in [1.29, 1.82) is 0 Å². The highest BCUT2D eigenvalue weighted by Gasteiger charge is 2.37. The summed E-state index contributed by atoms with van der Waals surface area (Å²) in [7, 11) is 0. The molecule has 0 spiro atoms. The molecule has 0 bridgehead atoms. The number of β-amino-alcohol motifs (C(OH)–C–C–N with tert-alkyl or cyclic N) is 1. The summed E-state index contributed by atoms with van der Waals surface area (Å²) in [6.07, 6.45) is 7.21. The van der Waals surface area contributed by atoms with Gasteiger partial charge in [0.05, 0.1) is 17.5 Å². The van der Waals surface area contributed by atoms with E-state index in [1.165, 1.54) is 0 Å². The van der Waals surface area contributed by atoms with Crippen molar-refractivity contribution in [2.24, 2.45) is 0 Å². The second kappa shape index (κ2) is 6.56. The second-order valence-electron chi connectivity index (χ2n) is 6.13. The molecule has 2 aromatic heterocycles. The predicted octanol–water partition coefficient (Wildman–Crippen LogP) is 0.373. The van der Waals surface area contributed by atoms with Crippen LogP contribution in [-0.4, -0.2) is 56.0 Å². The van der Waals surface area contributed by atoms with E-state index >= 15 is 0 Å². The van der Waals surface area contributed by atoms with Crippen LogP contribution in [-0.2, 0) is 6.54 Å². The Morgan fingerprint density at radius 1 is 1.46 bits per heavy atom. The van der Waals surface area contributed by atoms with E-state index < -0.39 is 5.60 Å². The monoisotopic (exact) mass is 330 g/mol. The maximum atomic E-state index is 12.3. The van der Waals surface area contributed by atoms with Crippen LogP contribution < -0.4 is 10.2 Å². The van der Waals surface area contributed by atoms with Crippen molar-refractivity contribution in [3.63, 3.8) is 0 Å². The van der Waals surface area contributed by atoms with E-state index in [-0.39, 0.29) is 12.5 Å². The molecule has 0 aliphatic carbocycles. The van der Waals surface area contributed by atoms with E-state index in [1.807, 2.05) is 11.8 Å². The van der Waals surface area contributed by atoms with Crippen molar-refractivity contribution < 1.29 is 9.90 Å². The lowest BCUT2D eigenvalue weighted by atomic mass is 10.0. The Morgan fingerprint density at radius 2 is 2.29 bits per heavy atom. The van der Waals surface area contributed by atoms with Crippen molar-refractivity contribution >= 4 is 11.7 Å². The third-order valence-corrected chi connectivity index (χ3v) is 4.30. The van der Waals surface area contributed by atoms with Gasteiger partial charge >= 0.3 is 0 Å². The van der Waals surface area contributed by atoms with Crippen LogP contribution in [0.4, 0.5) is 5.82 Å². The zero-order chi connectivity index (χ0) is 17.2. The lowest BCUT2D eigenvalue weighted by molar-refractivity contribution is 0.0575. The normalized spacial score (nSPS) is 20.4. The number of nitrogens with one attached hydrogen (secondary N) is 1. The first-order chi connectivity index (χ1) is 11.5. The van der Waals surface area contributed by atoms with Gasteiger partial charge in [-0.25, -0.2) is 4.98 Å². The van der Waals surface area contributed by atoms with Gasteiger partial charge in [0.25, 0.3) is 5.91 Å². The number of nitrogens with zero attached hydrogens (tertiary/aromatic N) is 5. The number of carbonyl (C=O) groups is 1. The van der Waals surface area contributed by atoms with Crippen LogP contribution >= 0.6 is 0 Å². The van der Waals surface area contributed by atoms with Gasteiger partial charge in [0, 0.05) is 44.8 Å². The molecule has 1 saturated heterocycles. The van der Waals surface area contributed by atoms with Crippen LogP contribution in [0, 0.1) is 6.92 Å². The third kappa shape index (κ3) is 3.38. The predicted molar refractivity (Wildman–Crippen MR) is 88.8 cm³/mol. The van der Waals surface area contributed by atoms with Gasteiger partial charge in [-0.1, -0.05) is 0 Å². The fraction of sp³-hybridized carbons (Fsp3) is 0.500. The molecular weight excluding hydrogens is 308 g/mol. The van der Waals surface area contributed by atoms with E-state index in [1.54, 1.807) is 36.4 Å². The van der Waals surface area contributed by atoms with E-state index in [0.717, 1.165) is 5.82 Å². The first-order valence-electron chi connectivity index (χ1n) is 8.06. The Bertz CT molecular complexity index is 717. The quantitative estimate of drug-likeness (QED) is 0.822. The molecule has 0 aromatic carbocycles. The fourth-order valence-corrected chi connectivity index (χ4v) is 2.89. The van der Waals surface area contributed by atoms with E-state index in [9.17, 15) is 9.90 Å². The van der Waals surface area contributed by atoms with Gasteiger partial charge in [-0.05, 0) is 20.3 Å². The summed E-state index contributed by atoms with van der Waals surface area (Å²) in [6.45, 7) is 5.78. The number of rotatable bonds is 5. The van der Waals surface area contributed by atoms with Crippen LogP contribution in [0.1, 0.15) is 29.4 Å². The summed E-state index contributed by atoms with van der Waals surface area (Å²) in [5.74, 6) is 0.526. The van der Waals surface area contributed by atoms with Crippen molar-refractivity contribution in [1.82, 2.24) is 25.1 Å². The summed E-state index contributed by atoms with van der Waals surface area (Å²) in [5, 5.41) is 17.8. The van der Waals surface area contributed by atoms with Gasteiger partial charge < -0.3 is 15.3 Å². The van der Waals surface area contributed by atoms with E-state index in [4.69, 9.17) is 0 Å². The van der Waals surface area contributed by atoms with Crippen molar-refractivity contribution in [2.45, 2.75) is 32.4 Å². The maximum absolute atomic E-state index is 12.3. The molecular formula is C16H22N6O2. The Kier molecular flexibility index (Phi) is 4.48. The highest BCUT2D eigenvalue weighted by atomic mass is 16.3. The zero-order valence-corrected chi connectivity index (χ0v) is 13.9. The summed E-state index contributed by atoms with van der Waals surface area (Å²) < 4.78 is 1.73. The van der Waals surface area contributed by atoms with E-state index in [2.05, 4.69) is 20.4 Å². The Hall–Kier alpha value is -2.48. The van der Waals surface area contributed by atoms with Crippen molar-refractivity contribution in [3.8, 4) is 0 Å². The van der Waals surface area contributed by atoms with Gasteiger partial charge in [0.15, 0.2) is 0 Å². The van der Waals surface area contributed by atoms with Gasteiger partial charge in [0.2, 0.25) is 0 Å². The summed E-state index contributed by atoms with van der Waals surface area (Å²) in [5.41, 5.74) is 0.264. The molecule has 3 heterocycles. The number of anilines is 1. The Balaban J connectivity index is 1.60. The van der Waals surface area contributed by atoms with Gasteiger partial charge in [0.1, 0.15) is 11.4 Å². The first kappa shape index (κ1) is 16.4. The van der Waals surface area contributed by atoms with Gasteiger partial charge in [-0.15, -0.1) is 0 Å². The molecule has 1 atom stereocenters. The molecule has 1 amide bonds. The minimum atomic E-state index is -0.970. The lowest BCUT2D eigenvalue weighted by Crippen LogP contribution is -2.45. The minimum Gasteiger partial charge on any atom is -0.386 e. The molecule has 8 heteroatoms. The maximum Gasteiger partial charge on any atom is 0.254 e. The van der Waals surface area contributed by atoms with Crippen molar-refractivity contribution in [2.75, 3.05) is 24.5 Å². The van der Waals surface area contributed by atoms with Gasteiger partial charge in [-0.3, -0.25) is 14.5 Å². The fourth-order valence-electron chi connectivity index (χ4n) is 2.89. The number of carbonyl (C=O) groups excluding carboxylic acids is 1. The van der Waals surface area contributed by atoms with Crippen LogP contribution in [0.3, 0.4) is 0 Å². The topological polar surface area (TPSA) is 96.2 Å². The molecule has 1 fully saturated rings. The molecule has 0 radical (unpaired) electrons. The van der Waals surface area contributed by atoms with Crippen LogP contribution in [0.25, 0.3) is 0 Å². The number of hydrogen-bond donors (Lipinski definition) is 2. The number of aliphatic hydroxyl groups is 1. The number of aromatic nitrogens is 4. The average Bonchev–Trinajstić information content (AvgIpc) is 3.17. The Morgan fingerprint density at radius 3 is 2.96 bits per heavy atom. The highest BCUT2D eigenvalue weighted by Crippen LogP contribution is 2.24. The SMILES string of the molecule is CCn1cc(C(=O)NC[C@@]2(O)CCN(c3cnccn3)C2)c(C)n1. The third-order valence-electron chi connectivity index (χ3n) is 4.30. The lowest BCUT2D eigenvalue weighted by Gasteiger charge is -2.24. The molecule has 128 valence electrons. The molecule has 24 heavy (non-hydrogen) atoms. The minimum absolute atomic E-state index is 0.194. The molecule has 2 aromatic rings. The standard InChI is InChI=1S/C16H22N6O2/c1-3-22-9-13(12(2)20-22)15(23)19-10-16(24)4-7-21(11-16)14-8-17-5-6-18-14/h5-6,8-9,24H,3-4,7,10-11H2,1-2H3,(H,19,23)/t16-/m0/s1.